The van der Waals surface area contributed by atoms with Gasteiger partial charge in [0.05, 0.1) is 23.5 Å². The summed E-state index contributed by atoms with van der Waals surface area (Å²) < 4.78 is 17.0. The molecule has 3 fully saturated rings. The van der Waals surface area contributed by atoms with E-state index in [9.17, 15) is 19.2 Å². The monoisotopic (exact) mass is 893 g/mol. The van der Waals surface area contributed by atoms with Gasteiger partial charge in [-0.25, -0.2) is 9.37 Å². The SMILES string of the molecule is CC(C)(C1CCN(C(=O)Cn2cc(-c3ccc(NC(=O)C(NCCc4ccc(C#N)cc4)c4ccccc4)nc3)cn2)CC1)N1CCN(c2ccc(NC3CCC(=O)NC3=O)cc2F)CC1. The number of rotatable bonds is 15. The molecule has 0 radical (unpaired) electrons. The van der Waals surface area contributed by atoms with Crippen molar-refractivity contribution in [3.63, 3.8) is 0 Å². The molecule has 4 amide bonds. The lowest BCUT2D eigenvalue weighted by Crippen LogP contribution is -2.59. The molecule has 0 saturated carbocycles. The molecule has 2 atom stereocenters. The maximum Gasteiger partial charge on any atom is 0.249 e. The van der Waals surface area contributed by atoms with Crippen LogP contribution in [-0.4, -0.2) is 106 Å². The number of halogens is 1. The Morgan fingerprint density at radius 1 is 0.909 bits per heavy atom. The molecule has 16 heteroatoms. The molecule has 3 aliphatic rings. The van der Waals surface area contributed by atoms with Crippen LogP contribution >= 0.6 is 0 Å². The Morgan fingerprint density at radius 3 is 2.35 bits per heavy atom. The fraction of sp³-hybridized carbons (Fsp3) is 0.380. The molecule has 0 bridgehead atoms. The van der Waals surface area contributed by atoms with E-state index in [1.54, 1.807) is 47.4 Å². The molecule has 0 spiro atoms. The van der Waals surface area contributed by atoms with Crippen molar-refractivity contribution in [2.24, 2.45) is 5.92 Å². The van der Waals surface area contributed by atoms with Gasteiger partial charge < -0.3 is 25.8 Å². The first kappa shape index (κ1) is 45.6. The number of imide groups is 1. The zero-order valence-electron chi connectivity index (χ0n) is 37.4. The molecule has 3 aliphatic heterocycles. The average Bonchev–Trinajstić information content (AvgIpc) is 3.80. The molecular formula is C50H56FN11O4. The first-order chi connectivity index (χ1) is 31.9. The zero-order chi connectivity index (χ0) is 46.2. The topological polar surface area (TPSA) is 181 Å². The van der Waals surface area contributed by atoms with Crippen LogP contribution < -0.4 is 26.2 Å². The molecule has 4 N–H and O–H groups in total. The molecule has 3 saturated heterocycles. The summed E-state index contributed by atoms with van der Waals surface area (Å²) in [5.41, 5.74) is 5.04. The van der Waals surface area contributed by atoms with Crippen LogP contribution in [0.5, 0.6) is 0 Å². The van der Waals surface area contributed by atoms with E-state index >= 15 is 4.39 Å². The van der Waals surface area contributed by atoms with Crippen LogP contribution in [0.3, 0.4) is 0 Å². The maximum absolute atomic E-state index is 15.4. The van der Waals surface area contributed by atoms with Gasteiger partial charge in [0, 0.05) is 87.0 Å². The van der Waals surface area contributed by atoms with Crippen LogP contribution in [0.2, 0.25) is 0 Å². The number of anilines is 3. The van der Waals surface area contributed by atoms with Crippen molar-refractivity contribution in [2.45, 2.75) is 70.1 Å². The minimum atomic E-state index is -0.606. The van der Waals surface area contributed by atoms with Crippen LogP contribution in [0.1, 0.15) is 62.3 Å². The van der Waals surface area contributed by atoms with Crippen molar-refractivity contribution in [3.05, 3.63) is 126 Å². The molecular weight excluding hydrogens is 838 g/mol. The number of pyridine rings is 1. The quantitative estimate of drug-likeness (QED) is 0.0972. The normalized spacial score (nSPS) is 17.8. The third-order valence-electron chi connectivity index (χ3n) is 13.3. The van der Waals surface area contributed by atoms with Gasteiger partial charge in [-0.3, -0.25) is 34.1 Å². The fourth-order valence-corrected chi connectivity index (χ4v) is 9.29. The van der Waals surface area contributed by atoms with Crippen LogP contribution in [0.25, 0.3) is 11.1 Å². The second-order valence-electron chi connectivity index (χ2n) is 17.8. The number of hydrogen-bond acceptors (Lipinski definition) is 11. The lowest BCUT2D eigenvalue weighted by atomic mass is 9.78. The van der Waals surface area contributed by atoms with E-state index in [2.05, 4.69) is 61.1 Å². The van der Waals surface area contributed by atoms with Gasteiger partial charge in [-0.15, -0.1) is 0 Å². The Bertz CT molecular complexity index is 2540. The summed E-state index contributed by atoms with van der Waals surface area (Å²) in [6, 6.07) is 26.5. The second-order valence-corrected chi connectivity index (χ2v) is 17.8. The molecule has 8 rings (SSSR count). The molecule has 66 heavy (non-hydrogen) atoms. The molecule has 2 aromatic heterocycles. The number of hydrogen-bond donors (Lipinski definition) is 4. The van der Waals surface area contributed by atoms with Crippen molar-refractivity contribution in [1.82, 2.24) is 35.2 Å². The molecule has 0 aliphatic carbocycles. The zero-order valence-corrected chi connectivity index (χ0v) is 37.4. The summed E-state index contributed by atoms with van der Waals surface area (Å²) in [5.74, 6) is -0.453. The molecule has 5 heterocycles. The number of likely N-dealkylation sites (tertiary alicyclic amines) is 1. The van der Waals surface area contributed by atoms with Crippen molar-refractivity contribution in [1.29, 1.82) is 5.26 Å². The standard InChI is InChI=1S/C50H56FN11O4/c1-50(2,61-26-24-59(25-27-61)43-15-13-40(28-41(43)51)56-42-14-17-45(63)58-48(42)65)39-19-22-60(23-20-39)46(64)33-62-32-38(31-55-62)37-12-16-44(54-30-37)57-49(66)47(36-6-4-3-5-7-36)53-21-18-34-8-10-35(29-52)11-9-34/h3-13,15-16,28,30-32,39,42,47,53,56H,14,17-27,33H2,1-2H3,(H,54,57,66)(H,58,63,65). The Hall–Kier alpha value is -6.96. The first-order valence-electron chi connectivity index (χ1n) is 22.7. The number of piperidine rings is 2. The fourth-order valence-electron chi connectivity index (χ4n) is 9.29. The van der Waals surface area contributed by atoms with E-state index in [0.29, 0.717) is 74.2 Å². The summed E-state index contributed by atoms with van der Waals surface area (Å²) in [6.07, 6.45) is 8.31. The minimum absolute atomic E-state index is 0.0181. The van der Waals surface area contributed by atoms with E-state index in [1.807, 2.05) is 59.6 Å². The molecule has 342 valence electrons. The van der Waals surface area contributed by atoms with E-state index in [4.69, 9.17) is 5.26 Å². The predicted molar refractivity (Wildman–Crippen MR) is 249 cm³/mol. The van der Waals surface area contributed by atoms with E-state index in [-0.39, 0.29) is 42.0 Å². The van der Waals surface area contributed by atoms with Crippen molar-refractivity contribution in [3.8, 4) is 17.2 Å². The Balaban J connectivity index is 0.783. The third-order valence-corrected chi connectivity index (χ3v) is 13.3. The minimum Gasteiger partial charge on any atom is -0.374 e. The Morgan fingerprint density at radius 2 is 1.67 bits per heavy atom. The Kier molecular flexibility index (Phi) is 14.1. The number of nitriles is 1. The van der Waals surface area contributed by atoms with Crippen LogP contribution in [0.15, 0.2) is 104 Å². The molecule has 2 unspecified atom stereocenters. The van der Waals surface area contributed by atoms with Gasteiger partial charge in [-0.1, -0.05) is 42.5 Å². The average molecular weight is 894 g/mol. The van der Waals surface area contributed by atoms with Crippen molar-refractivity contribution >= 4 is 40.8 Å². The highest BCUT2D eigenvalue weighted by atomic mass is 19.1. The number of nitrogens with zero attached hydrogens (tertiary/aromatic N) is 7. The largest absolute Gasteiger partial charge is 0.374 e. The third kappa shape index (κ3) is 10.9. The smallest absolute Gasteiger partial charge is 0.249 e. The predicted octanol–water partition coefficient (Wildman–Crippen LogP) is 5.52. The van der Waals surface area contributed by atoms with Crippen LogP contribution in [0.4, 0.5) is 21.6 Å². The number of aromatic nitrogens is 3. The van der Waals surface area contributed by atoms with Gasteiger partial charge in [0.15, 0.2) is 0 Å². The number of carbonyl (C=O) groups excluding carboxylic acids is 4. The molecule has 3 aromatic carbocycles. The van der Waals surface area contributed by atoms with Crippen molar-refractivity contribution in [2.75, 3.05) is 61.3 Å². The molecule has 15 nitrogen and oxygen atoms in total. The van der Waals surface area contributed by atoms with Crippen LogP contribution in [0, 0.1) is 23.1 Å². The summed E-state index contributed by atoms with van der Waals surface area (Å²) in [4.78, 5) is 61.7. The lowest BCUT2D eigenvalue weighted by molar-refractivity contribution is -0.135. The van der Waals surface area contributed by atoms with Gasteiger partial charge in [0.25, 0.3) is 0 Å². The number of amides is 4. The van der Waals surface area contributed by atoms with E-state index in [1.165, 1.54) is 6.07 Å². The molecule has 5 aromatic rings. The number of carbonyl (C=O) groups is 4. The second kappa shape index (κ2) is 20.5. The van der Waals surface area contributed by atoms with Gasteiger partial charge in [0.2, 0.25) is 23.6 Å². The summed E-state index contributed by atoms with van der Waals surface area (Å²) >= 11 is 0. The number of benzene rings is 3. The lowest BCUT2D eigenvalue weighted by Gasteiger charge is -2.50. The Labute approximate surface area is 384 Å². The highest BCUT2D eigenvalue weighted by molar-refractivity contribution is 6.01. The summed E-state index contributed by atoms with van der Waals surface area (Å²) in [6.45, 7) is 9.49. The maximum atomic E-state index is 15.4. The van der Waals surface area contributed by atoms with Gasteiger partial charge in [-0.05, 0) is 99.0 Å². The number of piperazine rings is 1. The number of nitrogens with one attached hydrogen (secondary N) is 4. The first-order valence-corrected chi connectivity index (χ1v) is 22.7. The van der Waals surface area contributed by atoms with Gasteiger partial charge in [-0.2, -0.15) is 10.4 Å². The van der Waals surface area contributed by atoms with E-state index < -0.39 is 18.0 Å². The van der Waals surface area contributed by atoms with Gasteiger partial charge >= 0.3 is 0 Å². The highest BCUT2D eigenvalue weighted by Gasteiger charge is 2.39. The van der Waals surface area contributed by atoms with Crippen LogP contribution in [-0.2, 0) is 32.1 Å². The van der Waals surface area contributed by atoms with Gasteiger partial charge in [0.1, 0.15) is 30.3 Å². The summed E-state index contributed by atoms with van der Waals surface area (Å²) in [5, 5.41) is 25.3. The summed E-state index contributed by atoms with van der Waals surface area (Å²) in [7, 11) is 0. The highest BCUT2D eigenvalue weighted by Crippen LogP contribution is 2.35. The van der Waals surface area contributed by atoms with E-state index in [0.717, 1.165) is 48.2 Å². The van der Waals surface area contributed by atoms with Crippen molar-refractivity contribution < 1.29 is 23.6 Å².